The Morgan fingerprint density at radius 3 is 1.38 bits per heavy atom. The summed E-state index contributed by atoms with van der Waals surface area (Å²) >= 11 is -1.95. The molecule has 34 heavy (non-hydrogen) atoms. The van der Waals surface area contributed by atoms with E-state index in [0.29, 0.717) is 0 Å². The van der Waals surface area contributed by atoms with Crippen LogP contribution >= 0.6 is 0 Å². The van der Waals surface area contributed by atoms with Crippen molar-refractivity contribution in [3.63, 3.8) is 0 Å². The van der Waals surface area contributed by atoms with Crippen LogP contribution in [0.5, 0.6) is 0 Å². The van der Waals surface area contributed by atoms with Crippen LogP contribution in [-0.2, 0) is 33.2 Å². The summed E-state index contributed by atoms with van der Waals surface area (Å²) in [4.78, 5) is 0. The molecule has 4 rings (SSSR count). The monoisotopic (exact) mass is 588 g/mol. The van der Waals surface area contributed by atoms with Gasteiger partial charge in [0, 0.05) is 0 Å². The fourth-order valence-corrected chi connectivity index (χ4v) is 27.4. The number of fused-ring (bicyclic) bond motifs is 2. The third kappa shape index (κ3) is 5.18. The maximum Gasteiger partial charge on any atom is -1.00 e. The van der Waals surface area contributed by atoms with E-state index < -0.39 is 20.4 Å². The number of hydrogen-bond acceptors (Lipinski definition) is 0. The van der Waals surface area contributed by atoms with Gasteiger partial charge in [0.2, 0.25) is 0 Å². The summed E-state index contributed by atoms with van der Waals surface area (Å²) in [6, 6.07) is 9.68. The second-order valence-electron chi connectivity index (χ2n) is 10.3. The van der Waals surface area contributed by atoms with Gasteiger partial charge in [-0.1, -0.05) is 0 Å². The summed E-state index contributed by atoms with van der Waals surface area (Å²) in [6.45, 7) is 19.6. The predicted molar refractivity (Wildman–Crippen MR) is 141 cm³/mol. The maximum absolute atomic E-state index is 2.65. The van der Waals surface area contributed by atoms with Crippen LogP contribution in [0.2, 0.25) is 13.1 Å². The van der Waals surface area contributed by atoms with Crippen LogP contribution in [0.25, 0.3) is 12.2 Å². The van der Waals surface area contributed by atoms with E-state index in [-0.39, 0.29) is 30.2 Å². The smallest absolute Gasteiger partial charge is 1.00 e. The SMILES string of the molecule is CCCc1ccc(C)c2c1C=C(C)[CH]2[Zr+2]([CH]1C(C)=Cc2c(CCC)ccc(C)c21)=[Si](C)C.[Cl-].[Cl-]. The van der Waals surface area contributed by atoms with Gasteiger partial charge in [-0.25, -0.2) is 0 Å². The van der Waals surface area contributed by atoms with Crippen LogP contribution in [-0.4, -0.2) is 5.43 Å². The molecule has 2 aliphatic rings. The zero-order chi connectivity index (χ0) is 23.2. The molecule has 0 fully saturated rings. The fourth-order valence-electron chi connectivity index (χ4n) is 6.29. The summed E-state index contributed by atoms with van der Waals surface area (Å²) in [7, 11) is 0. The van der Waals surface area contributed by atoms with Gasteiger partial charge in [0.15, 0.2) is 0 Å². The molecular weight excluding hydrogens is 551 g/mol. The third-order valence-corrected chi connectivity index (χ3v) is 27.5. The average molecular weight is 591 g/mol. The van der Waals surface area contributed by atoms with Gasteiger partial charge in [0.05, 0.1) is 0 Å². The van der Waals surface area contributed by atoms with Crippen molar-refractivity contribution in [1.29, 1.82) is 0 Å². The first-order valence-corrected chi connectivity index (χ1v) is 21.6. The number of rotatable bonds is 6. The molecule has 0 amide bonds. The van der Waals surface area contributed by atoms with Gasteiger partial charge in [-0.2, -0.15) is 0 Å². The van der Waals surface area contributed by atoms with E-state index in [4.69, 9.17) is 0 Å². The van der Waals surface area contributed by atoms with Crippen LogP contribution in [0.4, 0.5) is 0 Å². The van der Waals surface area contributed by atoms with Gasteiger partial charge in [-0.05, 0) is 0 Å². The Balaban J connectivity index is 0.00000204. The van der Waals surface area contributed by atoms with Crippen molar-refractivity contribution >= 4 is 17.6 Å². The molecular formula is C30H40Cl2SiZr. The average Bonchev–Trinajstić information content (AvgIpc) is 3.26. The van der Waals surface area contributed by atoms with Crippen LogP contribution in [0.3, 0.4) is 0 Å². The Morgan fingerprint density at radius 2 is 1.06 bits per heavy atom. The fraction of sp³-hybridized carbons (Fsp3) is 0.467. The Morgan fingerprint density at radius 1 is 0.676 bits per heavy atom. The molecule has 0 nitrogen and oxygen atoms in total. The Bertz CT molecular complexity index is 1080. The summed E-state index contributed by atoms with van der Waals surface area (Å²) in [5.41, 5.74) is 15.9. The zero-order valence-corrected chi connectivity index (χ0v) is 27.2. The van der Waals surface area contributed by atoms with Gasteiger partial charge in [-0.3, -0.25) is 0 Å². The first kappa shape index (κ1) is 29.8. The summed E-state index contributed by atoms with van der Waals surface area (Å²) in [6.07, 6.45) is 10.1. The largest absolute Gasteiger partial charge is 1.00 e. The molecule has 0 N–H and O–H groups in total. The molecule has 0 aromatic heterocycles. The molecule has 0 aliphatic heterocycles. The molecule has 2 aliphatic carbocycles. The number of allylic oxidation sites excluding steroid dienone is 2. The molecule has 0 saturated carbocycles. The van der Waals surface area contributed by atoms with E-state index in [1.165, 1.54) is 36.8 Å². The standard InChI is InChI=1S/2C14H17.C2H6Si.2ClH.Zr/c2*1-4-5-12-7-6-11(3)13-8-10(2)9-14(12)13;1-3-2;;;/h2*6-9H,4-5H2,1-3H3;1-2H3;2*1H;/q;;;;;+2/p-2. The van der Waals surface area contributed by atoms with Gasteiger partial charge < -0.3 is 24.8 Å². The normalized spacial score (nSPS) is 17.5. The van der Waals surface area contributed by atoms with Crippen molar-refractivity contribution in [2.75, 3.05) is 0 Å². The summed E-state index contributed by atoms with van der Waals surface area (Å²) < 4.78 is 1.50. The van der Waals surface area contributed by atoms with Gasteiger partial charge >= 0.3 is 205 Å². The Hall–Kier alpha value is -0.400. The van der Waals surface area contributed by atoms with Crippen molar-refractivity contribution in [3.05, 3.63) is 79.9 Å². The van der Waals surface area contributed by atoms with Crippen LogP contribution < -0.4 is 24.8 Å². The Labute approximate surface area is 228 Å². The number of hydrogen-bond donors (Lipinski definition) is 0. The molecule has 2 unspecified atom stereocenters. The predicted octanol–water partition coefficient (Wildman–Crippen LogP) is 2.70. The molecule has 0 saturated heterocycles. The number of halogens is 2. The first-order valence-electron chi connectivity index (χ1n) is 12.6. The topological polar surface area (TPSA) is 0 Å². The molecule has 0 radical (unpaired) electrons. The molecule has 0 heterocycles. The van der Waals surface area contributed by atoms with Crippen molar-refractivity contribution in [3.8, 4) is 0 Å². The van der Waals surface area contributed by atoms with Crippen LogP contribution in [0, 0.1) is 13.8 Å². The van der Waals surface area contributed by atoms with Crippen molar-refractivity contribution in [2.45, 2.75) is 87.6 Å². The van der Waals surface area contributed by atoms with Crippen LogP contribution in [0.1, 0.15) is 92.3 Å². The molecule has 2 aromatic carbocycles. The van der Waals surface area contributed by atoms with E-state index in [1.54, 1.807) is 44.5 Å². The molecule has 0 bridgehead atoms. The summed E-state index contributed by atoms with van der Waals surface area (Å²) in [5, 5.41) is 0. The van der Waals surface area contributed by atoms with Crippen molar-refractivity contribution in [2.24, 2.45) is 0 Å². The van der Waals surface area contributed by atoms with E-state index >= 15 is 0 Å². The van der Waals surface area contributed by atoms with Crippen LogP contribution in [0.15, 0.2) is 35.4 Å². The van der Waals surface area contributed by atoms with E-state index in [1.807, 2.05) is 0 Å². The summed E-state index contributed by atoms with van der Waals surface area (Å²) in [5.74, 6) is 0. The maximum atomic E-state index is 2.65. The second kappa shape index (κ2) is 12.2. The van der Waals surface area contributed by atoms with E-state index in [2.05, 4.69) is 91.1 Å². The third-order valence-electron chi connectivity index (χ3n) is 7.66. The van der Waals surface area contributed by atoms with Gasteiger partial charge in [0.1, 0.15) is 0 Å². The second-order valence-corrected chi connectivity index (χ2v) is 28.2. The molecule has 0 spiro atoms. The molecule has 182 valence electrons. The van der Waals surface area contributed by atoms with Gasteiger partial charge in [0.25, 0.3) is 0 Å². The van der Waals surface area contributed by atoms with Crippen molar-refractivity contribution in [1.82, 2.24) is 0 Å². The molecule has 2 aromatic rings. The number of aryl methyl sites for hydroxylation is 4. The molecule has 2 atom stereocenters. The Kier molecular flexibility index (Phi) is 10.7. The van der Waals surface area contributed by atoms with E-state index in [0.717, 1.165) is 7.25 Å². The minimum atomic E-state index is -1.95. The van der Waals surface area contributed by atoms with E-state index in [9.17, 15) is 0 Å². The minimum absolute atomic E-state index is 0. The first-order chi connectivity index (χ1) is 15.3. The number of benzene rings is 2. The molecule has 4 heteroatoms. The van der Waals surface area contributed by atoms with Crippen molar-refractivity contribution < 1.29 is 45.2 Å². The van der Waals surface area contributed by atoms with Gasteiger partial charge in [-0.15, -0.1) is 0 Å². The quantitative estimate of drug-likeness (QED) is 0.454. The minimum Gasteiger partial charge on any atom is -1.00 e. The zero-order valence-electron chi connectivity index (χ0n) is 22.2.